The van der Waals surface area contributed by atoms with E-state index in [-0.39, 0.29) is 11.2 Å². The van der Waals surface area contributed by atoms with Crippen LogP contribution >= 0.6 is 0 Å². The summed E-state index contributed by atoms with van der Waals surface area (Å²) in [7, 11) is 0. The van der Waals surface area contributed by atoms with Crippen LogP contribution in [0, 0.1) is 17.5 Å². The van der Waals surface area contributed by atoms with E-state index in [4.69, 9.17) is 0 Å². The Morgan fingerprint density at radius 1 is 0.828 bits per heavy atom. The predicted molar refractivity (Wildman–Crippen MR) is 103 cm³/mol. The molecule has 0 aliphatic heterocycles. The van der Waals surface area contributed by atoms with E-state index in [1.54, 1.807) is 12.4 Å². The molecule has 5 aromatic rings. The number of aromatic nitrogens is 4. The quantitative estimate of drug-likeness (QED) is 0.438. The molecule has 0 fully saturated rings. The summed E-state index contributed by atoms with van der Waals surface area (Å²) in [5.41, 5.74) is 2.46. The lowest BCUT2D eigenvalue weighted by molar-refractivity contribution is 0.584. The monoisotopic (exact) mass is 390 g/mol. The summed E-state index contributed by atoms with van der Waals surface area (Å²) < 4.78 is 43.3. The molecule has 2 aromatic carbocycles. The fourth-order valence-corrected chi connectivity index (χ4v) is 3.42. The Balaban J connectivity index is 1.59. The molecule has 0 spiro atoms. The van der Waals surface area contributed by atoms with Crippen molar-refractivity contribution < 1.29 is 13.2 Å². The summed E-state index contributed by atoms with van der Waals surface area (Å²) >= 11 is 0. The van der Waals surface area contributed by atoms with E-state index < -0.39 is 17.5 Å². The molecule has 3 aromatic heterocycles. The number of halogens is 3. The number of nitrogens with zero attached hydrogens (tertiary/aromatic N) is 4. The SMILES string of the molecule is Fc1cc(F)cc(-c2cc(F)c3nnc(Cc4ccc5ncccc5c4)n3c2)c1. The first-order chi connectivity index (χ1) is 14.1. The first-order valence-corrected chi connectivity index (χ1v) is 8.90. The van der Waals surface area contributed by atoms with E-state index >= 15 is 0 Å². The molecule has 0 unspecified atom stereocenters. The van der Waals surface area contributed by atoms with Gasteiger partial charge in [-0.25, -0.2) is 13.2 Å². The Labute approximate surface area is 163 Å². The Morgan fingerprint density at radius 2 is 1.66 bits per heavy atom. The van der Waals surface area contributed by atoms with Crippen molar-refractivity contribution in [3.05, 3.63) is 95.8 Å². The molecule has 5 rings (SSSR count). The fraction of sp³-hybridized carbons (Fsp3) is 0.0455. The van der Waals surface area contributed by atoms with Crippen LogP contribution in [0.4, 0.5) is 13.2 Å². The van der Waals surface area contributed by atoms with Gasteiger partial charge in [0.1, 0.15) is 17.5 Å². The molecule has 0 atom stereocenters. The molecular weight excluding hydrogens is 377 g/mol. The van der Waals surface area contributed by atoms with Crippen LogP contribution in [-0.4, -0.2) is 19.6 Å². The molecular formula is C22H13F3N4. The highest BCUT2D eigenvalue weighted by atomic mass is 19.1. The lowest BCUT2D eigenvalue weighted by Gasteiger charge is -2.07. The van der Waals surface area contributed by atoms with Gasteiger partial charge in [-0.2, -0.15) is 0 Å². The van der Waals surface area contributed by atoms with Gasteiger partial charge in [0.05, 0.1) is 5.52 Å². The molecule has 0 radical (unpaired) electrons. The molecule has 0 amide bonds. The molecule has 142 valence electrons. The van der Waals surface area contributed by atoms with Gasteiger partial charge >= 0.3 is 0 Å². The first kappa shape index (κ1) is 17.4. The zero-order chi connectivity index (χ0) is 20.0. The minimum Gasteiger partial charge on any atom is -0.283 e. The largest absolute Gasteiger partial charge is 0.283 e. The zero-order valence-electron chi connectivity index (χ0n) is 15.0. The molecule has 0 bridgehead atoms. The predicted octanol–water partition coefficient (Wildman–Crippen LogP) is 4.95. The second kappa shape index (κ2) is 6.70. The number of hydrogen-bond donors (Lipinski definition) is 0. The Kier molecular flexibility index (Phi) is 4.01. The summed E-state index contributed by atoms with van der Waals surface area (Å²) in [6.07, 6.45) is 3.73. The van der Waals surface area contributed by atoms with Gasteiger partial charge < -0.3 is 0 Å². The van der Waals surface area contributed by atoms with Crippen molar-refractivity contribution in [2.24, 2.45) is 0 Å². The third kappa shape index (κ3) is 3.20. The second-order valence-electron chi connectivity index (χ2n) is 6.75. The number of fused-ring (bicyclic) bond motifs is 2. The Morgan fingerprint density at radius 3 is 2.48 bits per heavy atom. The van der Waals surface area contributed by atoms with Crippen molar-refractivity contribution >= 4 is 16.6 Å². The Bertz CT molecular complexity index is 1360. The van der Waals surface area contributed by atoms with E-state index in [2.05, 4.69) is 15.2 Å². The van der Waals surface area contributed by atoms with Crippen molar-refractivity contribution in [3.63, 3.8) is 0 Å². The number of pyridine rings is 2. The van der Waals surface area contributed by atoms with E-state index in [0.29, 0.717) is 17.8 Å². The molecule has 0 saturated heterocycles. The highest BCUT2D eigenvalue weighted by Gasteiger charge is 2.14. The van der Waals surface area contributed by atoms with Crippen molar-refractivity contribution in [2.45, 2.75) is 6.42 Å². The molecule has 0 N–H and O–H groups in total. The second-order valence-corrected chi connectivity index (χ2v) is 6.75. The maximum atomic E-state index is 14.6. The minimum atomic E-state index is -0.728. The van der Waals surface area contributed by atoms with Gasteiger partial charge in [0.2, 0.25) is 0 Å². The van der Waals surface area contributed by atoms with Crippen LogP contribution in [0.1, 0.15) is 11.4 Å². The topological polar surface area (TPSA) is 43.1 Å². The maximum Gasteiger partial charge on any atom is 0.196 e. The number of hydrogen-bond acceptors (Lipinski definition) is 3. The lowest BCUT2D eigenvalue weighted by atomic mass is 10.1. The maximum absolute atomic E-state index is 14.6. The van der Waals surface area contributed by atoms with Gasteiger partial charge in [0.25, 0.3) is 0 Å². The number of benzene rings is 2. The molecule has 3 heterocycles. The van der Waals surface area contributed by atoms with Crippen molar-refractivity contribution in [1.29, 1.82) is 0 Å². The van der Waals surface area contributed by atoms with Gasteiger partial charge in [0.15, 0.2) is 11.5 Å². The van der Waals surface area contributed by atoms with E-state index in [0.717, 1.165) is 34.7 Å². The Hall–Kier alpha value is -3.74. The molecule has 0 aliphatic carbocycles. The summed E-state index contributed by atoms with van der Waals surface area (Å²) in [4.78, 5) is 4.30. The summed E-state index contributed by atoms with van der Waals surface area (Å²) in [6, 6.07) is 13.9. The van der Waals surface area contributed by atoms with E-state index in [9.17, 15) is 13.2 Å². The van der Waals surface area contributed by atoms with Crippen LogP contribution in [0.2, 0.25) is 0 Å². The average Bonchev–Trinajstić information content (AvgIpc) is 3.10. The normalized spacial score (nSPS) is 11.4. The highest BCUT2D eigenvalue weighted by molar-refractivity contribution is 5.79. The van der Waals surface area contributed by atoms with Gasteiger partial charge in [-0.05, 0) is 47.5 Å². The van der Waals surface area contributed by atoms with Crippen molar-refractivity contribution in [3.8, 4) is 11.1 Å². The summed E-state index contributed by atoms with van der Waals surface area (Å²) in [5, 5.41) is 9.02. The molecule has 0 aliphatic rings. The van der Waals surface area contributed by atoms with E-state index in [1.165, 1.54) is 10.5 Å². The smallest absolute Gasteiger partial charge is 0.196 e. The third-order valence-electron chi connectivity index (χ3n) is 4.76. The van der Waals surface area contributed by atoms with Crippen molar-refractivity contribution in [2.75, 3.05) is 0 Å². The van der Waals surface area contributed by atoms with Gasteiger partial charge in [0, 0.05) is 35.8 Å². The van der Waals surface area contributed by atoms with Crippen LogP contribution in [0.25, 0.3) is 27.7 Å². The van der Waals surface area contributed by atoms with Crippen LogP contribution in [-0.2, 0) is 6.42 Å². The highest BCUT2D eigenvalue weighted by Crippen LogP contribution is 2.25. The molecule has 0 saturated carbocycles. The van der Waals surface area contributed by atoms with Crippen LogP contribution < -0.4 is 0 Å². The van der Waals surface area contributed by atoms with Gasteiger partial charge in [-0.15, -0.1) is 10.2 Å². The first-order valence-electron chi connectivity index (χ1n) is 8.90. The zero-order valence-corrected chi connectivity index (χ0v) is 15.0. The van der Waals surface area contributed by atoms with Gasteiger partial charge in [-0.1, -0.05) is 12.1 Å². The van der Waals surface area contributed by atoms with Crippen LogP contribution in [0.5, 0.6) is 0 Å². The summed E-state index contributed by atoms with van der Waals surface area (Å²) in [5.74, 6) is -1.56. The average molecular weight is 390 g/mol. The standard InChI is InChI=1S/C22H13F3N4/c23-17-8-15(9-18(24)11-17)16-10-19(25)22-28-27-21(29(22)12-16)7-13-3-4-20-14(6-13)2-1-5-26-20/h1-6,8-12H,7H2. The van der Waals surface area contributed by atoms with E-state index in [1.807, 2.05) is 30.3 Å². The summed E-state index contributed by atoms with van der Waals surface area (Å²) in [6.45, 7) is 0. The molecule has 7 heteroatoms. The minimum absolute atomic E-state index is 0.0584. The molecule has 4 nitrogen and oxygen atoms in total. The fourth-order valence-electron chi connectivity index (χ4n) is 3.42. The molecule has 29 heavy (non-hydrogen) atoms. The van der Waals surface area contributed by atoms with Crippen LogP contribution in [0.3, 0.4) is 0 Å². The van der Waals surface area contributed by atoms with Crippen molar-refractivity contribution in [1.82, 2.24) is 19.6 Å². The van der Waals surface area contributed by atoms with Gasteiger partial charge in [-0.3, -0.25) is 9.38 Å². The lowest BCUT2D eigenvalue weighted by Crippen LogP contribution is -1.99. The van der Waals surface area contributed by atoms with Crippen LogP contribution in [0.15, 0.2) is 67.0 Å². The number of rotatable bonds is 3. The third-order valence-corrected chi connectivity index (χ3v) is 4.76.